The molecule has 0 saturated carbocycles. The first-order valence-electron chi connectivity index (χ1n) is 10.3. The monoisotopic (exact) mass is 475 g/mol. The van der Waals surface area contributed by atoms with Crippen molar-refractivity contribution in [2.24, 2.45) is 7.05 Å². The Kier molecular flexibility index (Phi) is 5.74. The largest absolute Gasteiger partial charge is 0.497 e. The maximum atomic E-state index is 13.0. The number of H-pyrrole nitrogens is 1. The molecule has 5 aromatic rings. The third-order valence-electron chi connectivity index (χ3n) is 5.38. The Hall–Kier alpha value is -3.43. The van der Waals surface area contributed by atoms with Crippen LogP contribution in [0.2, 0.25) is 0 Å². The summed E-state index contributed by atoms with van der Waals surface area (Å²) in [5.41, 5.74) is 2.71. The number of methoxy groups -OCH3 is 1. The molecule has 0 amide bonds. The van der Waals surface area contributed by atoms with Gasteiger partial charge in [0.2, 0.25) is 0 Å². The summed E-state index contributed by atoms with van der Waals surface area (Å²) in [4.78, 5) is 21.5. The molecule has 3 aromatic heterocycles. The van der Waals surface area contributed by atoms with Crippen molar-refractivity contribution in [1.82, 2.24) is 24.7 Å². The standard InChI is InChI=1S/C24H21N5O2S2/c1-14(33-24-28-27-21(29(24)2)16-10-7-11-17(12-16)31-3)20-25-22(30)19-18(13-32-23(19)26-20)15-8-5-4-6-9-15/h4-14H,1-3H3,(H,25,26,30). The van der Waals surface area contributed by atoms with Crippen LogP contribution in [-0.2, 0) is 7.05 Å². The molecule has 7 nitrogen and oxygen atoms in total. The number of aromatic amines is 1. The number of nitrogens with one attached hydrogen (secondary N) is 1. The van der Waals surface area contributed by atoms with Crippen molar-refractivity contribution in [3.8, 4) is 28.3 Å². The van der Waals surface area contributed by atoms with Crippen LogP contribution in [0.15, 0.2) is 69.9 Å². The van der Waals surface area contributed by atoms with Crippen LogP contribution in [0.4, 0.5) is 0 Å². The quantitative estimate of drug-likeness (QED) is 0.335. The first kappa shape index (κ1) is 21.4. The number of hydrogen-bond donors (Lipinski definition) is 1. The molecule has 0 saturated heterocycles. The smallest absolute Gasteiger partial charge is 0.260 e. The lowest BCUT2D eigenvalue weighted by atomic mass is 10.1. The maximum Gasteiger partial charge on any atom is 0.260 e. The fourth-order valence-electron chi connectivity index (χ4n) is 3.63. The second-order valence-electron chi connectivity index (χ2n) is 7.50. The van der Waals surface area contributed by atoms with Gasteiger partial charge in [0.15, 0.2) is 11.0 Å². The predicted octanol–water partition coefficient (Wildman–Crippen LogP) is 5.31. The molecule has 0 bridgehead atoms. The summed E-state index contributed by atoms with van der Waals surface area (Å²) in [7, 11) is 3.56. The molecule has 9 heteroatoms. The van der Waals surface area contributed by atoms with Gasteiger partial charge >= 0.3 is 0 Å². The van der Waals surface area contributed by atoms with Crippen LogP contribution >= 0.6 is 23.1 Å². The first-order chi connectivity index (χ1) is 16.0. The number of thiophene rings is 1. The van der Waals surface area contributed by atoms with E-state index < -0.39 is 0 Å². The van der Waals surface area contributed by atoms with Crippen molar-refractivity contribution in [2.75, 3.05) is 7.11 Å². The number of fused-ring (bicyclic) bond motifs is 1. The molecule has 0 fully saturated rings. The molecule has 3 heterocycles. The Morgan fingerprint density at radius 1 is 1.09 bits per heavy atom. The molecule has 2 aromatic carbocycles. The van der Waals surface area contributed by atoms with Gasteiger partial charge in [-0.1, -0.05) is 54.2 Å². The Morgan fingerprint density at radius 2 is 1.88 bits per heavy atom. The molecule has 33 heavy (non-hydrogen) atoms. The van der Waals surface area contributed by atoms with Gasteiger partial charge in [0.25, 0.3) is 5.56 Å². The summed E-state index contributed by atoms with van der Waals surface area (Å²) >= 11 is 2.98. The van der Waals surface area contributed by atoms with Crippen LogP contribution < -0.4 is 10.3 Å². The van der Waals surface area contributed by atoms with Crippen molar-refractivity contribution < 1.29 is 4.74 Å². The third kappa shape index (κ3) is 4.05. The molecule has 0 aliphatic rings. The lowest BCUT2D eigenvalue weighted by molar-refractivity contribution is 0.415. The zero-order valence-electron chi connectivity index (χ0n) is 18.3. The van der Waals surface area contributed by atoms with E-state index in [1.165, 1.54) is 23.1 Å². The van der Waals surface area contributed by atoms with Crippen LogP contribution in [0.5, 0.6) is 5.75 Å². The van der Waals surface area contributed by atoms with Gasteiger partial charge < -0.3 is 14.3 Å². The Bertz CT molecular complexity index is 1490. The van der Waals surface area contributed by atoms with E-state index in [0.717, 1.165) is 38.3 Å². The van der Waals surface area contributed by atoms with Crippen LogP contribution in [0.3, 0.4) is 0 Å². The maximum absolute atomic E-state index is 13.0. The molecule has 1 N–H and O–H groups in total. The zero-order chi connectivity index (χ0) is 22.9. The molecular weight excluding hydrogens is 454 g/mol. The van der Waals surface area contributed by atoms with E-state index >= 15 is 0 Å². The minimum Gasteiger partial charge on any atom is -0.497 e. The Labute approximate surface area is 198 Å². The van der Waals surface area contributed by atoms with Crippen LogP contribution in [0.25, 0.3) is 32.7 Å². The molecule has 0 spiro atoms. The summed E-state index contributed by atoms with van der Waals surface area (Å²) in [5, 5.41) is 12.0. The van der Waals surface area contributed by atoms with Gasteiger partial charge in [-0.3, -0.25) is 4.79 Å². The summed E-state index contributed by atoms with van der Waals surface area (Å²) < 4.78 is 7.25. The average Bonchev–Trinajstić information content (AvgIpc) is 3.44. The highest BCUT2D eigenvalue weighted by Crippen LogP contribution is 2.36. The van der Waals surface area contributed by atoms with E-state index in [-0.39, 0.29) is 10.8 Å². The summed E-state index contributed by atoms with van der Waals surface area (Å²) in [6.45, 7) is 2.00. The molecule has 1 unspecified atom stereocenters. The number of ether oxygens (including phenoxy) is 1. The fourth-order valence-corrected chi connectivity index (χ4v) is 5.46. The summed E-state index contributed by atoms with van der Waals surface area (Å²) in [6, 6.07) is 17.6. The van der Waals surface area contributed by atoms with Crippen molar-refractivity contribution in [2.45, 2.75) is 17.3 Å². The van der Waals surface area contributed by atoms with E-state index in [0.29, 0.717) is 11.2 Å². The minimum absolute atomic E-state index is 0.120. The molecular formula is C24H21N5O2S2. The van der Waals surface area contributed by atoms with Crippen molar-refractivity contribution in [1.29, 1.82) is 0 Å². The lowest BCUT2D eigenvalue weighted by Crippen LogP contribution is -2.12. The van der Waals surface area contributed by atoms with Crippen molar-refractivity contribution >= 4 is 33.3 Å². The Balaban J connectivity index is 1.44. The molecule has 0 radical (unpaired) electrons. The second-order valence-corrected chi connectivity index (χ2v) is 9.67. The van der Waals surface area contributed by atoms with Gasteiger partial charge in [-0.2, -0.15) is 0 Å². The van der Waals surface area contributed by atoms with Gasteiger partial charge in [0.05, 0.1) is 17.7 Å². The number of aromatic nitrogens is 5. The van der Waals surface area contributed by atoms with Gasteiger partial charge in [0, 0.05) is 23.6 Å². The molecule has 5 rings (SSSR count). The SMILES string of the molecule is COc1cccc(-c2nnc(SC(C)c3nc4scc(-c5ccccc5)c4c(=O)[nH]3)n2C)c1. The lowest BCUT2D eigenvalue weighted by Gasteiger charge is -2.11. The van der Waals surface area contributed by atoms with Crippen LogP contribution in [0.1, 0.15) is 18.0 Å². The third-order valence-corrected chi connectivity index (χ3v) is 7.39. The van der Waals surface area contributed by atoms with E-state index in [2.05, 4.69) is 15.2 Å². The van der Waals surface area contributed by atoms with Gasteiger partial charge in [-0.25, -0.2) is 4.98 Å². The molecule has 166 valence electrons. The summed E-state index contributed by atoms with van der Waals surface area (Å²) in [6.07, 6.45) is 0. The summed E-state index contributed by atoms with van der Waals surface area (Å²) in [5.74, 6) is 2.12. The highest BCUT2D eigenvalue weighted by atomic mass is 32.2. The number of rotatable bonds is 6. The molecule has 1 atom stereocenters. The van der Waals surface area contributed by atoms with E-state index in [4.69, 9.17) is 9.72 Å². The Morgan fingerprint density at radius 3 is 2.67 bits per heavy atom. The number of thioether (sulfide) groups is 1. The topological polar surface area (TPSA) is 85.7 Å². The zero-order valence-corrected chi connectivity index (χ0v) is 19.9. The van der Waals surface area contributed by atoms with E-state index in [1.807, 2.05) is 78.5 Å². The normalized spacial score (nSPS) is 12.2. The number of hydrogen-bond acceptors (Lipinski definition) is 7. The minimum atomic E-state index is -0.127. The molecule has 0 aliphatic heterocycles. The van der Waals surface area contributed by atoms with Crippen molar-refractivity contribution in [3.05, 3.63) is 76.2 Å². The number of benzene rings is 2. The first-order valence-corrected chi connectivity index (χ1v) is 12.1. The van der Waals surface area contributed by atoms with Gasteiger partial charge in [-0.05, 0) is 24.6 Å². The van der Waals surface area contributed by atoms with Crippen molar-refractivity contribution in [3.63, 3.8) is 0 Å². The van der Waals surface area contributed by atoms with Crippen LogP contribution in [-0.4, -0.2) is 31.8 Å². The highest BCUT2D eigenvalue weighted by molar-refractivity contribution is 7.99. The fraction of sp³-hybridized carbons (Fsp3) is 0.167. The van der Waals surface area contributed by atoms with E-state index in [9.17, 15) is 4.79 Å². The van der Waals surface area contributed by atoms with Gasteiger partial charge in [0.1, 0.15) is 16.4 Å². The molecule has 0 aliphatic carbocycles. The second kappa shape index (κ2) is 8.84. The van der Waals surface area contributed by atoms with Crippen LogP contribution in [0, 0.1) is 0 Å². The average molecular weight is 476 g/mol. The highest BCUT2D eigenvalue weighted by Gasteiger charge is 2.20. The van der Waals surface area contributed by atoms with Gasteiger partial charge in [-0.15, -0.1) is 21.5 Å². The predicted molar refractivity (Wildman–Crippen MR) is 133 cm³/mol. The number of nitrogens with zero attached hydrogens (tertiary/aromatic N) is 4. The van der Waals surface area contributed by atoms with E-state index in [1.54, 1.807) is 7.11 Å².